The topological polar surface area (TPSA) is 126 Å². The van der Waals surface area contributed by atoms with E-state index in [0.717, 1.165) is 34.1 Å². The summed E-state index contributed by atoms with van der Waals surface area (Å²) < 4.78 is 0. The first kappa shape index (κ1) is 17.8. The van der Waals surface area contributed by atoms with Crippen LogP contribution in [0.1, 0.15) is 0 Å². The number of hydrogen-bond acceptors (Lipinski definition) is 7. The van der Waals surface area contributed by atoms with Crippen molar-refractivity contribution >= 4 is 29.1 Å². The summed E-state index contributed by atoms with van der Waals surface area (Å²) in [7, 11) is 1.53. The minimum atomic E-state index is -0.920. The molecule has 0 saturated heterocycles. The van der Waals surface area contributed by atoms with Crippen molar-refractivity contribution in [3.63, 3.8) is 0 Å². The Balaban J connectivity index is 1.97. The quantitative estimate of drug-likeness (QED) is 0.284. The molecular weight excluding hydrogens is 354 g/mol. The standard InChI is InChI=1S/C17H17N5O3S/c1-25-22-14-7-11(10-3-2-4-13(18)6-10)5-12(8-14)16-19-17(21-20-16)26-9-15(23)24/h2-8,22H,9,18H2,1H3,(H,23,24)(H,19,20,21). The number of nitrogen functional groups attached to an aromatic ring is 1. The van der Waals surface area contributed by atoms with Crippen LogP contribution in [0.5, 0.6) is 0 Å². The average Bonchev–Trinajstić information content (AvgIpc) is 3.09. The number of aliphatic carboxylic acids is 1. The van der Waals surface area contributed by atoms with Crippen LogP contribution < -0.4 is 11.2 Å². The van der Waals surface area contributed by atoms with Gasteiger partial charge in [0.05, 0.1) is 18.6 Å². The molecule has 0 spiro atoms. The Morgan fingerprint density at radius 3 is 2.81 bits per heavy atom. The Morgan fingerprint density at radius 1 is 1.27 bits per heavy atom. The van der Waals surface area contributed by atoms with Crippen LogP contribution in [0.3, 0.4) is 0 Å². The van der Waals surface area contributed by atoms with E-state index in [2.05, 4.69) is 20.7 Å². The summed E-state index contributed by atoms with van der Waals surface area (Å²) in [6.45, 7) is 0. The molecule has 0 bridgehead atoms. The Kier molecular flexibility index (Phi) is 5.40. The molecule has 3 aromatic rings. The van der Waals surface area contributed by atoms with Crippen molar-refractivity contribution in [2.45, 2.75) is 5.16 Å². The average molecular weight is 371 g/mol. The highest BCUT2D eigenvalue weighted by molar-refractivity contribution is 7.99. The molecule has 0 unspecified atom stereocenters. The lowest BCUT2D eigenvalue weighted by molar-refractivity contribution is -0.133. The van der Waals surface area contributed by atoms with Crippen molar-refractivity contribution < 1.29 is 14.7 Å². The van der Waals surface area contributed by atoms with E-state index < -0.39 is 5.97 Å². The van der Waals surface area contributed by atoms with Crippen molar-refractivity contribution in [2.75, 3.05) is 24.1 Å². The first-order valence-electron chi connectivity index (χ1n) is 7.62. The van der Waals surface area contributed by atoms with E-state index in [1.807, 2.05) is 42.5 Å². The molecule has 1 aromatic heterocycles. The molecule has 1 heterocycles. The first-order valence-corrected chi connectivity index (χ1v) is 8.61. The first-order chi connectivity index (χ1) is 12.5. The molecule has 0 aliphatic carbocycles. The fourth-order valence-electron chi connectivity index (χ4n) is 2.39. The predicted octanol–water partition coefficient (Wildman–Crippen LogP) is 2.87. The summed E-state index contributed by atoms with van der Waals surface area (Å²) in [5.41, 5.74) is 12.7. The molecule has 8 nitrogen and oxygen atoms in total. The van der Waals surface area contributed by atoms with Gasteiger partial charge < -0.3 is 10.8 Å². The van der Waals surface area contributed by atoms with Crippen LogP contribution in [0.4, 0.5) is 11.4 Å². The largest absolute Gasteiger partial charge is 0.481 e. The van der Waals surface area contributed by atoms with Gasteiger partial charge in [-0.25, -0.2) is 4.98 Å². The maximum Gasteiger partial charge on any atom is 0.313 e. The van der Waals surface area contributed by atoms with Gasteiger partial charge in [-0.05, 0) is 41.5 Å². The Hall–Kier alpha value is -3.04. The second-order valence-electron chi connectivity index (χ2n) is 5.38. The van der Waals surface area contributed by atoms with Crippen LogP contribution in [0, 0.1) is 0 Å². The van der Waals surface area contributed by atoms with Gasteiger partial charge >= 0.3 is 5.97 Å². The number of carboxylic acid groups (broad SMARTS) is 1. The van der Waals surface area contributed by atoms with Gasteiger partial charge in [0, 0.05) is 11.3 Å². The molecule has 0 saturated carbocycles. The highest BCUT2D eigenvalue weighted by atomic mass is 32.2. The molecule has 0 amide bonds. The number of carboxylic acids is 1. The molecule has 9 heteroatoms. The Bertz CT molecular complexity index is 928. The second kappa shape index (κ2) is 7.89. The number of carbonyl (C=O) groups is 1. The minimum Gasteiger partial charge on any atom is -0.481 e. The lowest BCUT2D eigenvalue weighted by Gasteiger charge is -2.10. The molecule has 0 aliphatic rings. The molecule has 3 rings (SSSR count). The van der Waals surface area contributed by atoms with Crippen LogP contribution in [-0.2, 0) is 9.63 Å². The number of anilines is 2. The number of aromatic nitrogens is 3. The van der Waals surface area contributed by atoms with E-state index >= 15 is 0 Å². The van der Waals surface area contributed by atoms with Crippen LogP contribution in [-0.4, -0.2) is 39.1 Å². The number of rotatable bonds is 7. The maximum atomic E-state index is 10.7. The zero-order valence-corrected chi connectivity index (χ0v) is 14.7. The van der Waals surface area contributed by atoms with Gasteiger partial charge in [-0.3, -0.25) is 20.2 Å². The third-order valence-corrected chi connectivity index (χ3v) is 4.27. The summed E-state index contributed by atoms with van der Waals surface area (Å²) in [4.78, 5) is 20.0. The van der Waals surface area contributed by atoms with Crippen LogP contribution in [0.15, 0.2) is 47.6 Å². The van der Waals surface area contributed by atoms with Gasteiger partial charge in [-0.2, -0.15) is 0 Å². The van der Waals surface area contributed by atoms with Crippen LogP contribution in [0.25, 0.3) is 22.5 Å². The van der Waals surface area contributed by atoms with E-state index in [-0.39, 0.29) is 5.75 Å². The smallest absolute Gasteiger partial charge is 0.313 e. The fourth-order valence-corrected chi connectivity index (χ4v) is 2.91. The summed E-state index contributed by atoms with van der Waals surface area (Å²) in [5, 5.41) is 16.0. The van der Waals surface area contributed by atoms with Crippen molar-refractivity contribution in [2.24, 2.45) is 0 Å². The third-order valence-electron chi connectivity index (χ3n) is 3.44. The molecule has 5 N–H and O–H groups in total. The zero-order valence-electron chi connectivity index (χ0n) is 13.9. The molecule has 0 fully saturated rings. The molecular formula is C17H17N5O3S. The minimum absolute atomic E-state index is 0.100. The highest BCUT2D eigenvalue weighted by Crippen LogP contribution is 2.30. The summed E-state index contributed by atoms with van der Waals surface area (Å²) >= 11 is 1.05. The van der Waals surface area contributed by atoms with Crippen molar-refractivity contribution in [1.82, 2.24) is 15.2 Å². The maximum absolute atomic E-state index is 10.7. The van der Waals surface area contributed by atoms with Crippen molar-refractivity contribution in [3.05, 3.63) is 42.5 Å². The van der Waals surface area contributed by atoms with Crippen LogP contribution in [0.2, 0.25) is 0 Å². The van der Waals surface area contributed by atoms with E-state index in [0.29, 0.717) is 16.7 Å². The number of H-pyrrole nitrogens is 1. The summed E-state index contributed by atoms with van der Waals surface area (Å²) in [5.74, 6) is -0.490. The van der Waals surface area contributed by atoms with Gasteiger partial charge in [-0.1, -0.05) is 23.9 Å². The van der Waals surface area contributed by atoms with Gasteiger partial charge in [-0.15, -0.1) is 5.10 Å². The van der Waals surface area contributed by atoms with Crippen molar-refractivity contribution in [3.8, 4) is 22.5 Å². The number of nitrogens with zero attached hydrogens (tertiary/aromatic N) is 2. The molecule has 0 atom stereocenters. The molecule has 0 aliphatic heterocycles. The monoisotopic (exact) mass is 371 g/mol. The molecule has 0 radical (unpaired) electrons. The molecule has 134 valence electrons. The third kappa shape index (κ3) is 4.32. The number of nitrogens with one attached hydrogen (secondary N) is 2. The fraction of sp³-hybridized carbons (Fsp3) is 0.118. The summed E-state index contributed by atoms with van der Waals surface area (Å²) in [6.07, 6.45) is 0. The van der Waals surface area contributed by atoms with Gasteiger partial charge in [0.15, 0.2) is 5.82 Å². The second-order valence-corrected chi connectivity index (χ2v) is 6.32. The van der Waals surface area contributed by atoms with E-state index in [1.54, 1.807) is 0 Å². The lowest BCUT2D eigenvalue weighted by Crippen LogP contribution is -1.98. The lowest BCUT2D eigenvalue weighted by atomic mass is 10.0. The van der Waals surface area contributed by atoms with E-state index in [1.165, 1.54) is 7.11 Å². The number of hydrogen-bond donors (Lipinski definition) is 4. The number of nitrogens with two attached hydrogens (primary N) is 1. The summed E-state index contributed by atoms with van der Waals surface area (Å²) in [6, 6.07) is 13.3. The highest BCUT2D eigenvalue weighted by Gasteiger charge is 2.11. The van der Waals surface area contributed by atoms with E-state index in [4.69, 9.17) is 15.7 Å². The number of benzene rings is 2. The molecule has 2 aromatic carbocycles. The van der Waals surface area contributed by atoms with Gasteiger partial charge in [0.25, 0.3) is 0 Å². The number of thioether (sulfide) groups is 1. The number of aromatic amines is 1. The normalized spacial score (nSPS) is 10.7. The SMILES string of the molecule is CONc1cc(-c2cccc(N)c2)cc(-c2nc(SCC(=O)O)n[nH]2)c1. The van der Waals surface area contributed by atoms with Crippen molar-refractivity contribution in [1.29, 1.82) is 0 Å². The molecule has 26 heavy (non-hydrogen) atoms. The predicted molar refractivity (Wildman–Crippen MR) is 101 cm³/mol. The van der Waals surface area contributed by atoms with Gasteiger partial charge in [0.2, 0.25) is 5.16 Å². The van der Waals surface area contributed by atoms with E-state index in [9.17, 15) is 4.79 Å². The Labute approximate surface area is 153 Å². The zero-order chi connectivity index (χ0) is 18.5. The van der Waals surface area contributed by atoms with Crippen LogP contribution >= 0.6 is 11.8 Å². The van der Waals surface area contributed by atoms with Gasteiger partial charge in [0.1, 0.15) is 0 Å². The Morgan fingerprint density at radius 2 is 2.08 bits per heavy atom.